The van der Waals surface area contributed by atoms with Crippen LogP contribution in [0.2, 0.25) is 0 Å². The fourth-order valence-electron chi connectivity index (χ4n) is 5.37. The highest BCUT2D eigenvalue weighted by molar-refractivity contribution is 6.46. The Bertz CT molecular complexity index is 1310. The van der Waals surface area contributed by atoms with Gasteiger partial charge in [-0.2, -0.15) is 0 Å². The fourth-order valence-corrected chi connectivity index (χ4v) is 5.37. The van der Waals surface area contributed by atoms with Crippen LogP contribution in [0.5, 0.6) is 0 Å². The Morgan fingerprint density at radius 1 is 0.882 bits per heavy atom. The number of imide groups is 1. The first kappa shape index (κ1) is 22.4. The van der Waals surface area contributed by atoms with E-state index >= 15 is 0 Å². The molecule has 0 aromatic heterocycles. The average Bonchev–Trinajstić information content (AvgIpc) is 3.08. The summed E-state index contributed by atoms with van der Waals surface area (Å²) in [7, 11) is 4.11. The largest absolute Gasteiger partial charge is 0.366 e. The second-order valence-electron chi connectivity index (χ2n) is 9.63. The van der Waals surface area contributed by atoms with Gasteiger partial charge in [0.05, 0.1) is 11.3 Å². The standard InChI is InChI=1S/C29H31N3O2/c1-19-12-13-23(20(2)18-19)26-27(31(4)22-14-16-30(3)17-15-22)29(34)32(28(26)33)25-11-7-9-21-8-5-6-10-24(21)25/h5-13,18,22H,14-17H2,1-4H3. The molecule has 2 heterocycles. The molecule has 3 aromatic rings. The molecule has 0 saturated carbocycles. The smallest absolute Gasteiger partial charge is 0.282 e. The molecule has 2 aliphatic rings. The number of nitrogens with zero attached hydrogens (tertiary/aromatic N) is 3. The van der Waals surface area contributed by atoms with E-state index in [4.69, 9.17) is 0 Å². The summed E-state index contributed by atoms with van der Waals surface area (Å²) in [6.45, 7) is 6.02. The van der Waals surface area contributed by atoms with E-state index in [-0.39, 0.29) is 17.9 Å². The zero-order chi connectivity index (χ0) is 24.0. The predicted octanol–water partition coefficient (Wildman–Crippen LogP) is 4.77. The van der Waals surface area contributed by atoms with Crippen LogP contribution in [-0.2, 0) is 9.59 Å². The van der Waals surface area contributed by atoms with E-state index in [2.05, 4.69) is 22.9 Å². The Balaban J connectivity index is 1.66. The van der Waals surface area contributed by atoms with Gasteiger partial charge in [-0.05, 0) is 69.4 Å². The first-order valence-corrected chi connectivity index (χ1v) is 12.0. The maximum absolute atomic E-state index is 14.1. The topological polar surface area (TPSA) is 43.9 Å². The van der Waals surface area contributed by atoms with Crippen molar-refractivity contribution in [1.29, 1.82) is 0 Å². The monoisotopic (exact) mass is 453 g/mol. The summed E-state index contributed by atoms with van der Waals surface area (Å²) >= 11 is 0. The lowest BCUT2D eigenvalue weighted by Gasteiger charge is -2.36. The molecule has 0 unspecified atom stereocenters. The van der Waals surface area contributed by atoms with Gasteiger partial charge in [-0.25, -0.2) is 4.90 Å². The van der Waals surface area contributed by atoms with Crippen molar-refractivity contribution in [1.82, 2.24) is 9.80 Å². The molecule has 2 aliphatic heterocycles. The molecule has 174 valence electrons. The SMILES string of the molecule is Cc1ccc(C2=C(N(C)C3CCN(C)CC3)C(=O)N(c3cccc4ccccc34)C2=O)c(C)c1. The van der Waals surface area contributed by atoms with Crippen LogP contribution in [0.1, 0.15) is 29.5 Å². The molecule has 0 N–H and O–H groups in total. The summed E-state index contributed by atoms with van der Waals surface area (Å²) in [6.07, 6.45) is 1.93. The number of amides is 2. The van der Waals surface area contributed by atoms with Crippen molar-refractivity contribution in [2.45, 2.75) is 32.7 Å². The van der Waals surface area contributed by atoms with Crippen LogP contribution in [0.3, 0.4) is 0 Å². The number of hydrogen-bond donors (Lipinski definition) is 0. The van der Waals surface area contributed by atoms with Crippen molar-refractivity contribution in [2.24, 2.45) is 0 Å². The molecule has 1 fully saturated rings. The Kier molecular flexibility index (Phi) is 5.74. The maximum Gasteiger partial charge on any atom is 0.282 e. The molecule has 5 nitrogen and oxygen atoms in total. The van der Waals surface area contributed by atoms with E-state index in [1.807, 2.05) is 75.5 Å². The van der Waals surface area contributed by atoms with E-state index in [0.29, 0.717) is 17.0 Å². The van der Waals surface area contributed by atoms with Crippen molar-refractivity contribution in [3.05, 3.63) is 83.1 Å². The Hall–Kier alpha value is -3.44. The van der Waals surface area contributed by atoms with Gasteiger partial charge < -0.3 is 9.80 Å². The van der Waals surface area contributed by atoms with Crippen LogP contribution in [0.25, 0.3) is 16.3 Å². The molecule has 0 aliphatic carbocycles. The van der Waals surface area contributed by atoms with Crippen LogP contribution in [0.15, 0.2) is 66.4 Å². The summed E-state index contributed by atoms with van der Waals surface area (Å²) in [4.78, 5) is 33.9. The molecule has 34 heavy (non-hydrogen) atoms. The van der Waals surface area contributed by atoms with Crippen molar-refractivity contribution in [2.75, 3.05) is 32.1 Å². The minimum atomic E-state index is -0.247. The van der Waals surface area contributed by atoms with Crippen molar-refractivity contribution in [3.8, 4) is 0 Å². The summed E-state index contributed by atoms with van der Waals surface area (Å²) in [5, 5.41) is 1.90. The number of hydrogen-bond acceptors (Lipinski definition) is 4. The molecule has 5 rings (SSSR count). The molecule has 0 radical (unpaired) electrons. The Labute approximate surface area is 201 Å². The second-order valence-corrected chi connectivity index (χ2v) is 9.63. The van der Waals surface area contributed by atoms with Crippen LogP contribution in [0.4, 0.5) is 5.69 Å². The van der Waals surface area contributed by atoms with Crippen molar-refractivity contribution < 1.29 is 9.59 Å². The number of aryl methyl sites for hydroxylation is 2. The lowest BCUT2D eigenvalue weighted by atomic mass is 9.96. The van der Waals surface area contributed by atoms with Gasteiger partial charge in [-0.15, -0.1) is 0 Å². The first-order valence-electron chi connectivity index (χ1n) is 12.0. The van der Waals surface area contributed by atoms with Gasteiger partial charge in [-0.1, -0.05) is 60.2 Å². The lowest BCUT2D eigenvalue weighted by molar-refractivity contribution is -0.120. The molecule has 5 heteroatoms. The zero-order valence-corrected chi connectivity index (χ0v) is 20.3. The second kappa shape index (κ2) is 8.73. The van der Waals surface area contributed by atoms with Gasteiger partial charge in [0, 0.05) is 18.5 Å². The number of anilines is 1. The summed E-state index contributed by atoms with van der Waals surface area (Å²) in [5.41, 5.74) is 4.64. The number of piperidine rings is 1. The minimum Gasteiger partial charge on any atom is -0.366 e. The molecule has 0 atom stereocenters. The zero-order valence-electron chi connectivity index (χ0n) is 20.3. The van der Waals surface area contributed by atoms with E-state index in [1.165, 1.54) is 4.90 Å². The molecule has 0 spiro atoms. The van der Waals surface area contributed by atoms with E-state index in [1.54, 1.807) is 0 Å². The number of carbonyl (C=O) groups is 2. The van der Waals surface area contributed by atoms with Crippen molar-refractivity contribution >= 4 is 33.8 Å². The van der Waals surface area contributed by atoms with Gasteiger partial charge in [-0.3, -0.25) is 9.59 Å². The molecule has 3 aromatic carbocycles. The van der Waals surface area contributed by atoms with E-state index in [9.17, 15) is 9.59 Å². The van der Waals surface area contributed by atoms with Gasteiger partial charge in [0.2, 0.25) is 0 Å². The van der Waals surface area contributed by atoms with Crippen LogP contribution < -0.4 is 4.90 Å². The van der Waals surface area contributed by atoms with Gasteiger partial charge in [0.1, 0.15) is 5.70 Å². The number of fused-ring (bicyclic) bond motifs is 1. The Morgan fingerprint density at radius 2 is 1.59 bits per heavy atom. The molecule has 2 amide bonds. The van der Waals surface area contributed by atoms with E-state index in [0.717, 1.165) is 53.4 Å². The quantitative estimate of drug-likeness (QED) is 0.534. The number of rotatable bonds is 4. The third-order valence-electron chi connectivity index (χ3n) is 7.31. The third kappa shape index (κ3) is 3.70. The number of likely N-dealkylation sites (tertiary alicyclic amines) is 1. The minimum absolute atomic E-state index is 0.219. The number of benzene rings is 3. The molecule has 1 saturated heterocycles. The fraction of sp³-hybridized carbons (Fsp3) is 0.310. The Morgan fingerprint density at radius 3 is 2.32 bits per heavy atom. The maximum atomic E-state index is 14.1. The van der Waals surface area contributed by atoms with Gasteiger partial charge in [0.15, 0.2) is 0 Å². The number of carbonyl (C=O) groups excluding carboxylic acids is 2. The average molecular weight is 454 g/mol. The summed E-state index contributed by atoms with van der Waals surface area (Å²) in [6, 6.07) is 20.0. The predicted molar refractivity (Wildman–Crippen MR) is 138 cm³/mol. The van der Waals surface area contributed by atoms with E-state index < -0.39 is 0 Å². The van der Waals surface area contributed by atoms with Crippen LogP contribution >= 0.6 is 0 Å². The van der Waals surface area contributed by atoms with Gasteiger partial charge >= 0.3 is 0 Å². The van der Waals surface area contributed by atoms with Crippen LogP contribution in [0, 0.1) is 13.8 Å². The van der Waals surface area contributed by atoms with Gasteiger partial charge in [0.25, 0.3) is 11.8 Å². The summed E-state index contributed by atoms with van der Waals surface area (Å²) < 4.78 is 0. The highest BCUT2D eigenvalue weighted by atomic mass is 16.2. The summed E-state index contributed by atoms with van der Waals surface area (Å²) in [5.74, 6) is -0.485. The highest BCUT2D eigenvalue weighted by Gasteiger charge is 2.44. The third-order valence-corrected chi connectivity index (χ3v) is 7.31. The molecule has 0 bridgehead atoms. The normalized spacial score (nSPS) is 17.8. The molecular weight excluding hydrogens is 422 g/mol. The van der Waals surface area contributed by atoms with Crippen LogP contribution in [-0.4, -0.2) is 54.8 Å². The highest BCUT2D eigenvalue weighted by Crippen LogP contribution is 2.39. The first-order chi connectivity index (χ1) is 16.4. The number of likely N-dealkylation sites (N-methyl/N-ethyl adjacent to an activating group) is 1. The van der Waals surface area contributed by atoms with Crippen molar-refractivity contribution in [3.63, 3.8) is 0 Å². The molecular formula is C29H31N3O2. The lowest BCUT2D eigenvalue weighted by Crippen LogP contribution is -2.43.